The van der Waals surface area contributed by atoms with Crippen molar-refractivity contribution in [3.63, 3.8) is 0 Å². The number of para-hydroxylation sites is 1. The molecule has 6 heteroatoms. The summed E-state index contributed by atoms with van der Waals surface area (Å²) in [5.41, 5.74) is 6.35. The van der Waals surface area contributed by atoms with Crippen LogP contribution in [0.4, 0.5) is 5.00 Å². The topological polar surface area (TPSA) is 45.2 Å². The van der Waals surface area contributed by atoms with E-state index in [2.05, 4.69) is 41.4 Å². The zero-order valence-electron chi connectivity index (χ0n) is 19.5. The van der Waals surface area contributed by atoms with Gasteiger partial charge in [-0.2, -0.15) is 0 Å². The molecular formula is C29H25N3OS2. The van der Waals surface area contributed by atoms with Gasteiger partial charge in [-0.1, -0.05) is 61.5 Å². The van der Waals surface area contributed by atoms with Crippen molar-refractivity contribution in [2.24, 2.45) is 0 Å². The van der Waals surface area contributed by atoms with Crippen molar-refractivity contribution in [2.45, 2.75) is 19.9 Å². The second-order valence-electron chi connectivity index (χ2n) is 8.71. The molecule has 35 heavy (non-hydrogen) atoms. The molecule has 1 amide bonds. The molecule has 4 nitrogen and oxygen atoms in total. The van der Waals surface area contributed by atoms with Gasteiger partial charge in [0.05, 0.1) is 10.2 Å². The highest BCUT2D eigenvalue weighted by Crippen LogP contribution is 2.45. The van der Waals surface area contributed by atoms with Gasteiger partial charge in [-0.05, 0) is 53.9 Å². The molecule has 0 unspecified atom stereocenters. The number of benzene rings is 3. The highest BCUT2D eigenvalue weighted by atomic mass is 32.1. The molecule has 5 aromatic rings. The van der Waals surface area contributed by atoms with Gasteiger partial charge in [0, 0.05) is 29.1 Å². The third-order valence-corrected chi connectivity index (χ3v) is 8.76. The molecule has 0 saturated heterocycles. The summed E-state index contributed by atoms with van der Waals surface area (Å²) in [5, 5.41) is 5.14. The zero-order valence-corrected chi connectivity index (χ0v) is 21.1. The Balaban J connectivity index is 1.35. The average Bonchev–Trinajstić information content (AvgIpc) is 3.49. The molecule has 0 spiro atoms. The third kappa shape index (κ3) is 4.29. The molecule has 0 saturated carbocycles. The van der Waals surface area contributed by atoms with E-state index < -0.39 is 0 Å². The SMILES string of the molecule is CCN1CCc2c(sc(NC(=O)c3ccc(-c4ccccc4)cc3)c2-c2nc3ccccc3s2)C1. The van der Waals surface area contributed by atoms with E-state index in [1.807, 2.05) is 54.6 Å². The summed E-state index contributed by atoms with van der Waals surface area (Å²) in [4.78, 5) is 22.1. The number of thiazole rings is 1. The number of carbonyl (C=O) groups excluding carboxylic acids is 1. The fourth-order valence-electron chi connectivity index (χ4n) is 4.64. The van der Waals surface area contributed by atoms with Crippen LogP contribution in [-0.2, 0) is 13.0 Å². The van der Waals surface area contributed by atoms with E-state index in [4.69, 9.17) is 4.98 Å². The normalized spacial score (nSPS) is 13.6. The van der Waals surface area contributed by atoms with Gasteiger partial charge in [-0.15, -0.1) is 22.7 Å². The summed E-state index contributed by atoms with van der Waals surface area (Å²) >= 11 is 3.40. The molecule has 0 fully saturated rings. The van der Waals surface area contributed by atoms with E-state index >= 15 is 0 Å². The minimum Gasteiger partial charge on any atom is -0.313 e. The standard InChI is InChI=1S/C29H25N3OS2/c1-2-32-17-16-22-25(18-32)35-29(26(22)28-30-23-10-6-7-11-24(23)34-28)31-27(33)21-14-12-20(13-15-21)19-8-4-3-5-9-19/h3-15H,2,16-18H2,1H3,(H,31,33). The van der Waals surface area contributed by atoms with Gasteiger partial charge in [0.25, 0.3) is 5.91 Å². The summed E-state index contributed by atoms with van der Waals surface area (Å²) in [5.74, 6) is -0.0853. The Morgan fingerprint density at radius 2 is 1.69 bits per heavy atom. The lowest BCUT2D eigenvalue weighted by molar-refractivity contribution is 0.102. The van der Waals surface area contributed by atoms with Crippen LogP contribution in [0.3, 0.4) is 0 Å². The van der Waals surface area contributed by atoms with Crippen molar-refractivity contribution in [2.75, 3.05) is 18.4 Å². The van der Waals surface area contributed by atoms with E-state index in [0.717, 1.165) is 58.3 Å². The number of nitrogens with one attached hydrogen (secondary N) is 1. The van der Waals surface area contributed by atoms with Crippen LogP contribution in [-0.4, -0.2) is 28.9 Å². The molecule has 174 valence electrons. The molecule has 1 N–H and O–H groups in total. The van der Waals surface area contributed by atoms with Crippen molar-refractivity contribution in [1.29, 1.82) is 0 Å². The third-order valence-electron chi connectivity index (χ3n) is 6.57. The number of amides is 1. The molecule has 3 heterocycles. The van der Waals surface area contributed by atoms with E-state index in [1.165, 1.54) is 15.1 Å². The first-order valence-corrected chi connectivity index (χ1v) is 13.5. The van der Waals surface area contributed by atoms with Crippen LogP contribution < -0.4 is 5.32 Å². The summed E-state index contributed by atoms with van der Waals surface area (Å²) in [6.45, 7) is 5.20. The number of hydrogen-bond donors (Lipinski definition) is 1. The van der Waals surface area contributed by atoms with E-state index in [1.54, 1.807) is 22.7 Å². The molecule has 0 atom stereocenters. The van der Waals surface area contributed by atoms with Crippen LogP contribution >= 0.6 is 22.7 Å². The van der Waals surface area contributed by atoms with E-state index in [-0.39, 0.29) is 5.91 Å². The molecule has 1 aliphatic rings. The van der Waals surface area contributed by atoms with Gasteiger partial charge in [0.2, 0.25) is 0 Å². The summed E-state index contributed by atoms with van der Waals surface area (Å²) < 4.78 is 1.17. The van der Waals surface area contributed by atoms with Crippen molar-refractivity contribution >= 4 is 43.8 Å². The Bertz CT molecular complexity index is 1470. The van der Waals surface area contributed by atoms with Gasteiger partial charge >= 0.3 is 0 Å². The fraction of sp³-hybridized carbons (Fsp3) is 0.172. The maximum atomic E-state index is 13.3. The van der Waals surface area contributed by atoms with Gasteiger partial charge in [0.1, 0.15) is 10.0 Å². The first kappa shape index (κ1) is 22.2. The average molecular weight is 496 g/mol. The Morgan fingerprint density at radius 3 is 2.46 bits per heavy atom. The van der Waals surface area contributed by atoms with Crippen LogP contribution in [0.5, 0.6) is 0 Å². The molecule has 1 aliphatic heterocycles. The minimum atomic E-state index is -0.0853. The fourth-order valence-corrected chi connectivity index (χ4v) is 7.04. The highest BCUT2D eigenvalue weighted by molar-refractivity contribution is 7.23. The molecule has 0 aliphatic carbocycles. The lowest BCUT2D eigenvalue weighted by Gasteiger charge is -2.25. The molecular weight excluding hydrogens is 470 g/mol. The zero-order chi connectivity index (χ0) is 23.8. The van der Waals surface area contributed by atoms with Crippen molar-refractivity contribution < 1.29 is 4.79 Å². The second kappa shape index (κ2) is 9.38. The number of hydrogen-bond acceptors (Lipinski definition) is 5. The number of carbonyl (C=O) groups is 1. The minimum absolute atomic E-state index is 0.0853. The number of thiophene rings is 1. The number of anilines is 1. The monoisotopic (exact) mass is 495 g/mol. The molecule has 2 aromatic heterocycles. The second-order valence-corrected chi connectivity index (χ2v) is 10.8. The van der Waals surface area contributed by atoms with Crippen molar-refractivity contribution in [3.8, 4) is 21.7 Å². The largest absolute Gasteiger partial charge is 0.313 e. The van der Waals surface area contributed by atoms with Gasteiger partial charge in [-0.3, -0.25) is 9.69 Å². The van der Waals surface area contributed by atoms with Gasteiger partial charge in [-0.25, -0.2) is 4.98 Å². The molecule has 0 radical (unpaired) electrons. The van der Waals surface area contributed by atoms with Gasteiger partial charge in [0.15, 0.2) is 0 Å². The number of aromatic nitrogens is 1. The number of fused-ring (bicyclic) bond motifs is 2. The Morgan fingerprint density at radius 1 is 0.943 bits per heavy atom. The Kier molecular flexibility index (Phi) is 5.94. The van der Waals surface area contributed by atoms with Crippen LogP contribution in [0.2, 0.25) is 0 Å². The molecule has 3 aromatic carbocycles. The van der Waals surface area contributed by atoms with Crippen LogP contribution in [0.25, 0.3) is 31.9 Å². The van der Waals surface area contributed by atoms with E-state index in [9.17, 15) is 4.79 Å². The van der Waals surface area contributed by atoms with Gasteiger partial charge < -0.3 is 5.32 Å². The number of nitrogens with zero attached hydrogens (tertiary/aromatic N) is 2. The number of rotatable bonds is 5. The summed E-state index contributed by atoms with van der Waals surface area (Å²) in [6, 6.07) is 26.3. The van der Waals surface area contributed by atoms with Crippen LogP contribution in [0.1, 0.15) is 27.7 Å². The molecule has 0 bridgehead atoms. The lowest BCUT2D eigenvalue weighted by atomic mass is 10.0. The predicted molar refractivity (Wildman–Crippen MR) is 147 cm³/mol. The quantitative estimate of drug-likeness (QED) is 0.278. The maximum Gasteiger partial charge on any atom is 0.256 e. The summed E-state index contributed by atoms with van der Waals surface area (Å²) in [7, 11) is 0. The lowest BCUT2D eigenvalue weighted by Crippen LogP contribution is -2.29. The maximum absolute atomic E-state index is 13.3. The highest BCUT2D eigenvalue weighted by Gasteiger charge is 2.27. The van der Waals surface area contributed by atoms with Crippen LogP contribution in [0, 0.1) is 0 Å². The first-order chi connectivity index (χ1) is 17.2. The predicted octanol–water partition coefficient (Wildman–Crippen LogP) is 7.32. The number of likely N-dealkylation sites (N-methyl/N-ethyl adjacent to an activating group) is 1. The van der Waals surface area contributed by atoms with Crippen molar-refractivity contribution in [3.05, 3.63) is 94.9 Å². The Hall–Kier alpha value is -3.32. The first-order valence-electron chi connectivity index (χ1n) is 11.9. The smallest absolute Gasteiger partial charge is 0.256 e. The molecule has 6 rings (SSSR count). The van der Waals surface area contributed by atoms with E-state index in [0.29, 0.717) is 5.56 Å². The van der Waals surface area contributed by atoms with Crippen molar-refractivity contribution in [1.82, 2.24) is 9.88 Å². The summed E-state index contributed by atoms with van der Waals surface area (Å²) in [6.07, 6.45) is 0.979. The Labute approximate surface area is 212 Å². The van der Waals surface area contributed by atoms with Crippen LogP contribution in [0.15, 0.2) is 78.9 Å².